The molecule has 2 heteroatoms. The van der Waals surface area contributed by atoms with E-state index in [1.54, 1.807) is 0 Å². The lowest BCUT2D eigenvalue weighted by atomic mass is 10.0. The molecule has 116 valence electrons. The van der Waals surface area contributed by atoms with Crippen molar-refractivity contribution in [3.8, 4) is 0 Å². The summed E-state index contributed by atoms with van der Waals surface area (Å²) < 4.78 is 0. The summed E-state index contributed by atoms with van der Waals surface area (Å²) in [5, 5.41) is 6.02. The first-order valence-electron chi connectivity index (χ1n) is 8.28. The number of anilines is 2. The second kappa shape index (κ2) is 5.25. The summed E-state index contributed by atoms with van der Waals surface area (Å²) in [7, 11) is 0. The van der Waals surface area contributed by atoms with Crippen molar-refractivity contribution in [3.63, 3.8) is 0 Å². The van der Waals surface area contributed by atoms with E-state index in [0.29, 0.717) is 0 Å². The quantitative estimate of drug-likeness (QED) is 0.368. The molecule has 0 N–H and O–H groups in total. The van der Waals surface area contributed by atoms with Gasteiger partial charge in [0.1, 0.15) is 0 Å². The van der Waals surface area contributed by atoms with Gasteiger partial charge in [-0.2, -0.15) is 0 Å². The van der Waals surface area contributed by atoms with Crippen molar-refractivity contribution in [3.05, 3.63) is 83.4 Å². The highest BCUT2D eigenvalue weighted by Gasteiger charge is 2.23. The fraction of sp³-hybridized carbons (Fsp3) is 0.0909. The summed E-state index contributed by atoms with van der Waals surface area (Å²) in [5.41, 5.74) is 3.76. The Kier molecular flexibility index (Phi) is 3.04. The molecule has 0 saturated carbocycles. The van der Waals surface area contributed by atoms with Gasteiger partial charge < -0.3 is 4.90 Å². The van der Waals surface area contributed by atoms with Gasteiger partial charge in [-0.05, 0) is 58.5 Å². The number of hydrogen-bond acceptors (Lipinski definition) is 1. The third kappa shape index (κ3) is 2.02. The van der Waals surface area contributed by atoms with Crippen LogP contribution in [0.15, 0.2) is 72.8 Å². The molecule has 0 amide bonds. The zero-order valence-electron chi connectivity index (χ0n) is 13.2. The van der Waals surface area contributed by atoms with Crippen LogP contribution in [-0.2, 0) is 6.42 Å². The third-order valence-corrected chi connectivity index (χ3v) is 5.34. The fourth-order valence-electron chi connectivity index (χ4n) is 3.83. The molecule has 0 unspecified atom stereocenters. The first-order valence-corrected chi connectivity index (χ1v) is 8.65. The van der Waals surface area contributed by atoms with Gasteiger partial charge in [-0.15, -0.1) is 0 Å². The molecule has 5 rings (SSSR count). The second-order valence-corrected chi connectivity index (χ2v) is 6.74. The molecule has 0 spiro atoms. The van der Waals surface area contributed by atoms with Crippen LogP contribution in [0, 0.1) is 0 Å². The van der Waals surface area contributed by atoms with E-state index < -0.39 is 0 Å². The fourth-order valence-corrected chi connectivity index (χ4v) is 4.09. The van der Waals surface area contributed by atoms with Gasteiger partial charge in [-0.1, -0.05) is 54.1 Å². The predicted molar refractivity (Wildman–Crippen MR) is 104 cm³/mol. The summed E-state index contributed by atoms with van der Waals surface area (Å²) in [4.78, 5) is 2.40. The van der Waals surface area contributed by atoms with Gasteiger partial charge in [0.15, 0.2) is 0 Å². The van der Waals surface area contributed by atoms with Crippen LogP contribution in [0.2, 0.25) is 5.02 Å². The molecule has 0 saturated heterocycles. The zero-order valence-corrected chi connectivity index (χ0v) is 13.9. The molecule has 1 aliphatic heterocycles. The van der Waals surface area contributed by atoms with Crippen molar-refractivity contribution in [2.24, 2.45) is 0 Å². The van der Waals surface area contributed by atoms with Gasteiger partial charge in [0, 0.05) is 28.3 Å². The number of fused-ring (bicyclic) bond motifs is 3. The maximum atomic E-state index is 6.39. The molecule has 0 bridgehead atoms. The Morgan fingerprint density at radius 1 is 0.708 bits per heavy atom. The minimum atomic E-state index is 0.876. The van der Waals surface area contributed by atoms with Gasteiger partial charge in [-0.3, -0.25) is 0 Å². The molecule has 4 aromatic carbocycles. The minimum absolute atomic E-state index is 0.876. The van der Waals surface area contributed by atoms with Crippen molar-refractivity contribution in [2.45, 2.75) is 6.42 Å². The average Bonchev–Trinajstić information content (AvgIpc) is 3.05. The molecule has 0 radical (unpaired) electrons. The molecule has 1 nitrogen and oxygen atoms in total. The predicted octanol–water partition coefficient (Wildman–Crippen LogP) is 6.34. The monoisotopic (exact) mass is 329 g/mol. The summed E-state index contributed by atoms with van der Waals surface area (Å²) in [6, 6.07) is 25.9. The maximum Gasteiger partial charge on any atom is 0.0490 e. The Morgan fingerprint density at radius 2 is 1.42 bits per heavy atom. The van der Waals surface area contributed by atoms with Crippen molar-refractivity contribution >= 4 is 44.5 Å². The normalized spacial score (nSPS) is 13.6. The van der Waals surface area contributed by atoms with Gasteiger partial charge in [-0.25, -0.2) is 0 Å². The lowest BCUT2D eigenvalue weighted by Crippen LogP contribution is -2.13. The van der Waals surface area contributed by atoms with Crippen LogP contribution in [0.25, 0.3) is 21.5 Å². The molecule has 4 aromatic rings. The standard InChI is InChI=1S/C22H16ClN/c23-20-8-4-10-21-18(20)11-12-24(21)22-9-3-7-17-13-15-5-1-2-6-16(15)14-19(17)22/h1-10,13-14H,11-12H2. The molecular formula is C22H16ClN. The van der Waals surface area contributed by atoms with E-state index in [1.807, 2.05) is 12.1 Å². The van der Waals surface area contributed by atoms with E-state index in [0.717, 1.165) is 18.0 Å². The van der Waals surface area contributed by atoms with Crippen molar-refractivity contribution < 1.29 is 0 Å². The van der Waals surface area contributed by atoms with Gasteiger partial charge in [0.25, 0.3) is 0 Å². The Balaban J connectivity index is 1.77. The highest BCUT2D eigenvalue weighted by Crippen LogP contribution is 2.41. The highest BCUT2D eigenvalue weighted by molar-refractivity contribution is 6.32. The van der Waals surface area contributed by atoms with E-state index >= 15 is 0 Å². The molecule has 0 fully saturated rings. The lowest BCUT2D eigenvalue weighted by Gasteiger charge is -2.22. The Labute approximate surface area is 146 Å². The van der Waals surface area contributed by atoms with Gasteiger partial charge in [0.05, 0.1) is 0 Å². The number of rotatable bonds is 1. The molecule has 1 aliphatic rings. The number of nitrogens with zero attached hydrogens (tertiary/aromatic N) is 1. The molecule has 1 heterocycles. The number of benzene rings is 4. The molecule has 0 aliphatic carbocycles. The summed E-state index contributed by atoms with van der Waals surface area (Å²) in [6.45, 7) is 0.977. The average molecular weight is 330 g/mol. The largest absolute Gasteiger partial charge is 0.340 e. The smallest absolute Gasteiger partial charge is 0.0490 e. The number of halogens is 1. The van der Waals surface area contributed by atoms with Gasteiger partial charge >= 0.3 is 0 Å². The summed E-state index contributed by atoms with van der Waals surface area (Å²) in [6.07, 6.45) is 0.999. The highest BCUT2D eigenvalue weighted by atomic mass is 35.5. The molecule has 24 heavy (non-hydrogen) atoms. The van der Waals surface area contributed by atoms with Gasteiger partial charge in [0.2, 0.25) is 0 Å². The van der Waals surface area contributed by atoms with Crippen molar-refractivity contribution in [2.75, 3.05) is 11.4 Å². The second-order valence-electron chi connectivity index (χ2n) is 6.34. The Morgan fingerprint density at radius 3 is 2.29 bits per heavy atom. The number of hydrogen-bond donors (Lipinski definition) is 0. The van der Waals surface area contributed by atoms with Crippen molar-refractivity contribution in [1.82, 2.24) is 0 Å². The van der Waals surface area contributed by atoms with Crippen LogP contribution in [0.5, 0.6) is 0 Å². The van der Waals surface area contributed by atoms with Crippen LogP contribution in [0.4, 0.5) is 11.4 Å². The Hall–Kier alpha value is -2.51. The van der Waals surface area contributed by atoms with Crippen LogP contribution in [0.3, 0.4) is 0 Å². The van der Waals surface area contributed by atoms with Crippen molar-refractivity contribution in [1.29, 1.82) is 0 Å². The molecule has 0 aromatic heterocycles. The molecular weight excluding hydrogens is 314 g/mol. The van der Waals surface area contributed by atoms with E-state index in [4.69, 9.17) is 11.6 Å². The lowest BCUT2D eigenvalue weighted by molar-refractivity contribution is 1.00. The minimum Gasteiger partial charge on any atom is -0.340 e. The van der Waals surface area contributed by atoms with Crippen LogP contribution < -0.4 is 4.90 Å². The first kappa shape index (κ1) is 13.9. The van der Waals surface area contributed by atoms with Crippen LogP contribution >= 0.6 is 11.6 Å². The summed E-state index contributed by atoms with van der Waals surface area (Å²) >= 11 is 6.39. The SMILES string of the molecule is Clc1cccc2c1CCN2c1cccc2cc3ccccc3cc12. The van der Waals surface area contributed by atoms with Crippen LogP contribution in [-0.4, -0.2) is 6.54 Å². The van der Waals surface area contributed by atoms with E-state index in [9.17, 15) is 0 Å². The summed E-state index contributed by atoms with van der Waals surface area (Å²) in [5.74, 6) is 0. The topological polar surface area (TPSA) is 3.24 Å². The van der Waals surface area contributed by atoms with E-state index in [-0.39, 0.29) is 0 Å². The third-order valence-electron chi connectivity index (χ3n) is 4.98. The molecule has 0 atom stereocenters. The maximum absolute atomic E-state index is 6.39. The van der Waals surface area contributed by atoms with E-state index in [1.165, 1.54) is 38.5 Å². The Bertz CT molecular complexity index is 1080. The first-order chi connectivity index (χ1) is 11.8. The van der Waals surface area contributed by atoms with Crippen LogP contribution in [0.1, 0.15) is 5.56 Å². The van der Waals surface area contributed by atoms with E-state index in [2.05, 4.69) is 65.6 Å². The zero-order chi connectivity index (χ0) is 16.1.